The SMILES string of the molecule is CCC(C)N1CC(C(=O)O)Cc2ccccc21. The second kappa shape index (κ2) is 4.78. The van der Waals surface area contributed by atoms with Crippen LogP contribution < -0.4 is 4.90 Å². The van der Waals surface area contributed by atoms with Gasteiger partial charge in [0.25, 0.3) is 0 Å². The van der Waals surface area contributed by atoms with Gasteiger partial charge in [0.05, 0.1) is 5.92 Å². The molecule has 1 aromatic rings. The van der Waals surface area contributed by atoms with E-state index in [-0.39, 0.29) is 5.92 Å². The molecule has 0 spiro atoms. The first-order chi connectivity index (χ1) is 8.13. The number of benzene rings is 1. The fourth-order valence-electron chi connectivity index (χ4n) is 2.43. The highest BCUT2D eigenvalue weighted by Crippen LogP contribution is 2.31. The van der Waals surface area contributed by atoms with Gasteiger partial charge < -0.3 is 10.0 Å². The molecule has 1 aliphatic heterocycles. The Morgan fingerprint density at radius 1 is 1.53 bits per heavy atom. The number of hydrogen-bond donors (Lipinski definition) is 1. The van der Waals surface area contributed by atoms with Crippen LogP contribution in [0.4, 0.5) is 5.69 Å². The van der Waals surface area contributed by atoms with E-state index in [4.69, 9.17) is 0 Å². The fraction of sp³-hybridized carbons (Fsp3) is 0.500. The molecule has 0 aliphatic carbocycles. The molecule has 1 aliphatic rings. The molecule has 0 bridgehead atoms. The Morgan fingerprint density at radius 2 is 2.24 bits per heavy atom. The van der Waals surface area contributed by atoms with Crippen molar-refractivity contribution in [1.82, 2.24) is 0 Å². The number of fused-ring (bicyclic) bond motifs is 1. The van der Waals surface area contributed by atoms with Gasteiger partial charge in [-0.1, -0.05) is 25.1 Å². The Kier molecular flexibility index (Phi) is 3.36. The lowest BCUT2D eigenvalue weighted by Gasteiger charge is -2.38. The van der Waals surface area contributed by atoms with E-state index >= 15 is 0 Å². The lowest BCUT2D eigenvalue weighted by atomic mass is 9.91. The molecule has 0 saturated heterocycles. The summed E-state index contributed by atoms with van der Waals surface area (Å²) in [7, 11) is 0. The van der Waals surface area contributed by atoms with Crippen molar-refractivity contribution in [3.63, 3.8) is 0 Å². The van der Waals surface area contributed by atoms with E-state index < -0.39 is 5.97 Å². The van der Waals surface area contributed by atoms with Gasteiger partial charge in [-0.3, -0.25) is 4.79 Å². The molecule has 2 rings (SSSR count). The van der Waals surface area contributed by atoms with Gasteiger partial charge in [0.15, 0.2) is 0 Å². The molecule has 17 heavy (non-hydrogen) atoms. The van der Waals surface area contributed by atoms with Crippen molar-refractivity contribution in [3.05, 3.63) is 29.8 Å². The molecule has 0 aromatic heterocycles. The minimum absolute atomic E-state index is 0.279. The van der Waals surface area contributed by atoms with Crippen LogP contribution in [0, 0.1) is 5.92 Å². The molecule has 0 amide bonds. The average Bonchev–Trinajstić information content (AvgIpc) is 2.36. The van der Waals surface area contributed by atoms with E-state index in [0.29, 0.717) is 19.0 Å². The molecule has 1 aromatic carbocycles. The van der Waals surface area contributed by atoms with Crippen molar-refractivity contribution in [2.24, 2.45) is 5.92 Å². The van der Waals surface area contributed by atoms with Crippen molar-refractivity contribution in [1.29, 1.82) is 0 Å². The number of para-hydroxylation sites is 1. The van der Waals surface area contributed by atoms with Gasteiger partial charge in [0.1, 0.15) is 0 Å². The molecule has 92 valence electrons. The van der Waals surface area contributed by atoms with Crippen LogP contribution in [0.3, 0.4) is 0 Å². The summed E-state index contributed by atoms with van der Waals surface area (Å²) in [6, 6.07) is 8.53. The number of carbonyl (C=O) groups is 1. The van der Waals surface area contributed by atoms with Crippen LogP contribution in [-0.2, 0) is 11.2 Å². The Bertz CT molecular complexity index is 416. The zero-order valence-corrected chi connectivity index (χ0v) is 10.4. The molecule has 2 atom stereocenters. The van der Waals surface area contributed by atoms with Gasteiger partial charge in [-0.25, -0.2) is 0 Å². The molecule has 1 N–H and O–H groups in total. The lowest BCUT2D eigenvalue weighted by molar-refractivity contribution is -0.141. The highest BCUT2D eigenvalue weighted by Gasteiger charge is 2.30. The van der Waals surface area contributed by atoms with E-state index in [1.54, 1.807) is 0 Å². The van der Waals surface area contributed by atoms with Crippen LogP contribution in [0.5, 0.6) is 0 Å². The largest absolute Gasteiger partial charge is 0.481 e. The molecule has 1 heterocycles. The molecule has 2 unspecified atom stereocenters. The molecule has 3 heteroatoms. The summed E-state index contributed by atoms with van der Waals surface area (Å²) in [6.45, 7) is 4.92. The highest BCUT2D eigenvalue weighted by molar-refractivity contribution is 5.74. The maximum Gasteiger partial charge on any atom is 0.308 e. The van der Waals surface area contributed by atoms with Crippen molar-refractivity contribution < 1.29 is 9.90 Å². The second-order valence-corrected chi connectivity index (χ2v) is 4.78. The van der Waals surface area contributed by atoms with Gasteiger partial charge in [0.2, 0.25) is 0 Å². The van der Waals surface area contributed by atoms with Crippen LogP contribution in [0.25, 0.3) is 0 Å². The fourth-order valence-corrected chi connectivity index (χ4v) is 2.43. The van der Waals surface area contributed by atoms with Crippen LogP contribution in [0.15, 0.2) is 24.3 Å². The third-order valence-corrected chi connectivity index (χ3v) is 3.66. The molecular weight excluding hydrogens is 214 g/mol. The maximum atomic E-state index is 11.2. The highest BCUT2D eigenvalue weighted by atomic mass is 16.4. The van der Waals surface area contributed by atoms with E-state index in [9.17, 15) is 9.90 Å². The monoisotopic (exact) mass is 233 g/mol. The zero-order chi connectivity index (χ0) is 12.4. The number of nitrogens with zero attached hydrogens (tertiary/aromatic N) is 1. The molecular formula is C14H19NO2. The summed E-state index contributed by atoms with van der Waals surface area (Å²) >= 11 is 0. The van der Waals surface area contributed by atoms with Gasteiger partial charge >= 0.3 is 5.97 Å². The summed E-state index contributed by atoms with van der Waals surface area (Å²) in [5.74, 6) is -0.966. The minimum atomic E-state index is -0.687. The second-order valence-electron chi connectivity index (χ2n) is 4.78. The number of carboxylic acids is 1. The Balaban J connectivity index is 2.35. The van der Waals surface area contributed by atoms with Crippen molar-refractivity contribution >= 4 is 11.7 Å². The van der Waals surface area contributed by atoms with E-state index in [1.807, 2.05) is 18.2 Å². The molecule has 0 radical (unpaired) electrons. The number of anilines is 1. The van der Waals surface area contributed by atoms with Gasteiger partial charge in [-0.05, 0) is 31.4 Å². The zero-order valence-electron chi connectivity index (χ0n) is 10.4. The van der Waals surface area contributed by atoms with Gasteiger partial charge in [-0.15, -0.1) is 0 Å². The number of hydrogen-bond acceptors (Lipinski definition) is 2. The Hall–Kier alpha value is -1.51. The average molecular weight is 233 g/mol. The number of rotatable bonds is 3. The summed E-state index contributed by atoms with van der Waals surface area (Å²) in [4.78, 5) is 13.4. The first-order valence-electron chi connectivity index (χ1n) is 6.20. The minimum Gasteiger partial charge on any atom is -0.481 e. The topological polar surface area (TPSA) is 40.5 Å². The maximum absolute atomic E-state index is 11.2. The third-order valence-electron chi connectivity index (χ3n) is 3.66. The standard InChI is InChI=1S/C14H19NO2/c1-3-10(2)15-9-12(14(16)17)8-11-6-4-5-7-13(11)15/h4-7,10,12H,3,8-9H2,1-2H3,(H,16,17). The first-order valence-corrected chi connectivity index (χ1v) is 6.20. The quantitative estimate of drug-likeness (QED) is 0.872. The third kappa shape index (κ3) is 2.28. The summed E-state index contributed by atoms with van der Waals surface area (Å²) in [5.41, 5.74) is 2.37. The number of carboxylic acid groups (broad SMARTS) is 1. The van der Waals surface area contributed by atoms with Gasteiger partial charge in [0, 0.05) is 18.3 Å². The van der Waals surface area contributed by atoms with E-state index in [0.717, 1.165) is 12.0 Å². The van der Waals surface area contributed by atoms with Crippen LogP contribution in [0.2, 0.25) is 0 Å². The van der Waals surface area contributed by atoms with Crippen molar-refractivity contribution in [3.8, 4) is 0 Å². The lowest BCUT2D eigenvalue weighted by Crippen LogP contribution is -2.43. The first kappa shape index (κ1) is 12.0. The summed E-state index contributed by atoms with van der Waals surface area (Å²) < 4.78 is 0. The van der Waals surface area contributed by atoms with Crippen molar-refractivity contribution in [2.45, 2.75) is 32.7 Å². The summed E-state index contributed by atoms with van der Waals surface area (Å²) in [5, 5.41) is 9.21. The Morgan fingerprint density at radius 3 is 2.88 bits per heavy atom. The molecule has 0 fully saturated rings. The van der Waals surface area contributed by atoms with E-state index in [1.165, 1.54) is 5.69 Å². The smallest absolute Gasteiger partial charge is 0.308 e. The molecule has 3 nitrogen and oxygen atoms in total. The molecule has 0 saturated carbocycles. The predicted octanol–water partition coefficient (Wildman–Crippen LogP) is 2.55. The van der Waals surface area contributed by atoms with Gasteiger partial charge in [-0.2, -0.15) is 0 Å². The normalized spacial score (nSPS) is 20.8. The van der Waals surface area contributed by atoms with E-state index in [2.05, 4.69) is 24.8 Å². The number of aliphatic carboxylic acids is 1. The predicted molar refractivity (Wildman–Crippen MR) is 68.4 cm³/mol. The Labute approximate surface area is 102 Å². The van der Waals surface area contributed by atoms with Crippen LogP contribution in [0.1, 0.15) is 25.8 Å². The summed E-state index contributed by atoms with van der Waals surface area (Å²) in [6.07, 6.45) is 1.68. The van der Waals surface area contributed by atoms with Crippen LogP contribution >= 0.6 is 0 Å². The van der Waals surface area contributed by atoms with Crippen molar-refractivity contribution in [2.75, 3.05) is 11.4 Å². The van der Waals surface area contributed by atoms with Crippen LogP contribution in [-0.4, -0.2) is 23.7 Å².